The lowest BCUT2D eigenvalue weighted by molar-refractivity contribution is -0.147. The third-order valence-electron chi connectivity index (χ3n) is 5.20. The van der Waals surface area contributed by atoms with Gasteiger partial charge < -0.3 is 4.74 Å². The van der Waals surface area contributed by atoms with E-state index < -0.39 is 0 Å². The zero-order chi connectivity index (χ0) is 14.5. The van der Waals surface area contributed by atoms with E-state index in [4.69, 9.17) is 4.74 Å². The minimum absolute atomic E-state index is 0.0577. The molecule has 1 saturated heterocycles. The monoisotopic (exact) mass is 278 g/mol. The Morgan fingerprint density at radius 1 is 1.30 bits per heavy atom. The number of methoxy groups -OCH3 is 1. The van der Waals surface area contributed by atoms with Gasteiger partial charge in [-0.2, -0.15) is 5.26 Å². The average Bonchev–Trinajstić information content (AvgIpc) is 2.53. The van der Waals surface area contributed by atoms with Gasteiger partial charge in [-0.05, 0) is 51.1 Å². The molecule has 0 amide bonds. The van der Waals surface area contributed by atoms with Gasteiger partial charge in [0, 0.05) is 6.04 Å². The molecule has 0 N–H and O–H groups in total. The number of ether oxygens (including phenoxy) is 1. The number of hydrogen-bond donors (Lipinski definition) is 0. The molecule has 0 aromatic rings. The number of carbonyl (C=O) groups is 1. The Balaban J connectivity index is 1.93. The van der Waals surface area contributed by atoms with Gasteiger partial charge in [0.25, 0.3) is 0 Å². The van der Waals surface area contributed by atoms with Gasteiger partial charge in [-0.1, -0.05) is 13.3 Å². The molecule has 4 nitrogen and oxygen atoms in total. The highest BCUT2D eigenvalue weighted by Crippen LogP contribution is 2.35. The zero-order valence-electron chi connectivity index (χ0n) is 12.7. The molecule has 0 aromatic heterocycles. The minimum Gasteiger partial charge on any atom is -0.469 e. The molecule has 4 heteroatoms. The van der Waals surface area contributed by atoms with Crippen LogP contribution in [0.5, 0.6) is 0 Å². The smallest absolute Gasteiger partial charge is 0.308 e. The second-order valence-corrected chi connectivity index (χ2v) is 6.22. The van der Waals surface area contributed by atoms with Crippen LogP contribution in [0.25, 0.3) is 0 Å². The first-order chi connectivity index (χ1) is 9.69. The highest BCUT2D eigenvalue weighted by atomic mass is 16.5. The summed E-state index contributed by atoms with van der Waals surface area (Å²) in [6.07, 6.45) is 6.35. The van der Waals surface area contributed by atoms with E-state index in [0.717, 1.165) is 44.7 Å². The molecular weight excluding hydrogens is 252 g/mol. The quantitative estimate of drug-likeness (QED) is 0.745. The van der Waals surface area contributed by atoms with Crippen molar-refractivity contribution in [1.29, 1.82) is 5.26 Å². The molecular formula is C16H26N2O2. The summed E-state index contributed by atoms with van der Waals surface area (Å²) in [6.45, 7) is 4.11. The van der Waals surface area contributed by atoms with Crippen molar-refractivity contribution in [1.82, 2.24) is 4.90 Å². The van der Waals surface area contributed by atoms with Gasteiger partial charge in [0.05, 0.1) is 25.0 Å². The van der Waals surface area contributed by atoms with Gasteiger partial charge in [0.2, 0.25) is 0 Å². The van der Waals surface area contributed by atoms with Gasteiger partial charge in [0.1, 0.15) is 0 Å². The van der Waals surface area contributed by atoms with E-state index in [9.17, 15) is 10.1 Å². The van der Waals surface area contributed by atoms with Crippen LogP contribution in [0.1, 0.15) is 45.4 Å². The van der Waals surface area contributed by atoms with E-state index in [0.29, 0.717) is 6.04 Å². The first-order valence-electron chi connectivity index (χ1n) is 7.91. The predicted octanol–water partition coefficient (Wildman–Crippen LogP) is 2.59. The molecule has 3 atom stereocenters. The summed E-state index contributed by atoms with van der Waals surface area (Å²) < 4.78 is 4.84. The molecule has 0 radical (unpaired) electrons. The number of hydrogen-bond acceptors (Lipinski definition) is 4. The van der Waals surface area contributed by atoms with Crippen molar-refractivity contribution in [3.63, 3.8) is 0 Å². The molecule has 0 bridgehead atoms. The Kier molecular flexibility index (Phi) is 5.42. The number of nitrogens with zero attached hydrogens (tertiary/aromatic N) is 2. The fraction of sp³-hybridized carbons (Fsp3) is 0.875. The second-order valence-electron chi connectivity index (χ2n) is 6.22. The first kappa shape index (κ1) is 15.3. The third kappa shape index (κ3) is 3.32. The van der Waals surface area contributed by atoms with Crippen molar-refractivity contribution < 1.29 is 9.53 Å². The van der Waals surface area contributed by atoms with Gasteiger partial charge >= 0.3 is 5.97 Å². The van der Waals surface area contributed by atoms with Crippen LogP contribution in [0.4, 0.5) is 0 Å². The Morgan fingerprint density at radius 3 is 2.55 bits per heavy atom. The minimum atomic E-state index is -0.0726. The molecule has 0 aromatic carbocycles. The zero-order valence-corrected chi connectivity index (χ0v) is 12.7. The lowest BCUT2D eigenvalue weighted by Crippen LogP contribution is -2.48. The molecule has 2 aliphatic rings. The van der Waals surface area contributed by atoms with Crippen molar-refractivity contribution in [2.75, 3.05) is 20.2 Å². The highest BCUT2D eigenvalue weighted by molar-refractivity contribution is 5.72. The fourth-order valence-electron chi connectivity index (χ4n) is 3.79. The van der Waals surface area contributed by atoms with Crippen LogP contribution in [0.2, 0.25) is 0 Å². The average molecular weight is 278 g/mol. The van der Waals surface area contributed by atoms with E-state index in [1.807, 2.05) is 0 Å². The highest BCUT2D eigenvalue weighted by Gasteiger charge is 2.36. The normalized spacial score (nSPS) is 32.5. The van der Waals surface area contributed by atoms with E-state index in [-0.39, 0.29) is 17.8 Å². The molecule has 0 spiro atoms. The predicted molar refractivity (Wildman–Crippen MR) is 76.8 cm³/mol. The van der Waals surface area contributed by atoms with Gasteiger partial charge in [-0.25, -0.2) is 0 Å². The van der Waals surface area contributed by atoms with Crippen LogP contribution in [0.3, 0.4) is 0 Å². The number of carbonyl (C=O) groups excluding carboxylic acids is 1. The number of likely N-dealkylation sites (tertiary alicyclic amines) is 1. The van der Waals surface area contributed by atoms with E-state index in [2.05, 4.69) is 17.9 Å². The van der Waals surface area contributed by atoms with Crippen molar-refractivity contribution in [2.24, 2.45) is 17.8 Å². The fourth-order valence-corrected chi connectivity index (χ4v) is 3.79. The number of rotatable bonds is 3. The first-order valence-corrected chi connectivity index (χ1v) is 7.91. The van der Waals surface area contributed by atoms with Gasteiger partial charge in [-0.15, -0.1) is 0 Å². The van der Waals surface area contributed by atoms with Crippen LogP contribution >= 0.6 is 0 Å². The Labute approximate surface area is 122 Å². The standard InChI is InChI=1S/C16H26N2O2/c1-3-12-4-5-14(11-17)15(10-12)18-8-6-13(7-9-18)16(19)20-2/h12-15H,3-10H2,1-2H3. The van der Waals surface area contributed by atoms with Crippen molar-refractivity contribution in [2.45, 2.75) is 51.5 Å². The molecule has 1 saturated carbocycles. The van der Waals surface area contributed by atoms with Crippen LogP contribution in [-0.4, -0.2) is 37.1 Å². The lowest BCUT2D eigenvalue weighted by atomic mass is 9.76. The molecule has 1 heterocycles. The molecule has 3 unspecified atom stereocenters. The third-order valence-corrected chi connectivity index (χ3v) is 5.20. The van der Waals surface area contributed by atoms with E-state index in [1.165, 1.54) is 20.0 Å². The van der Waals surface area contributed by atoms with E-state index >= 15 is 0 Å². The van der Waals surface area contributed by atoms with E-state index in [1.54, 1.807) is 0 Å². The maximum Gasteiger partial charge on any atom is 0.308 e. The van der Waals surface area contributed by atoms with Gasteiger partial charge in [-0.3, -0.25) is 9.69 Å². The van der Waals surface area contributed by atoms with Crippen LogP contribution in [-0.2, 0) is 9.53 Å². The Hall–Kier alpha value is -1.08. The molecule has 20 heavy (non-hydrogen) atoms. The van der Waals surface area contributed by atoms with Crippen LogP contribution in [0.15, 0.2) is 0 Å². The summed E-state index contributed by atoms with van der Waals surface area (Å²) in [7, 11) is 1.47. The molecule has 2 fully saturated rings. The molecule has 112 valence electrons. The largest absolute Gasteiger partial charge is 0.469 e. The summed E-state index contributed by atoms with van der Waals surface area (Å²) in [4.78, 5) is 14.0. The van der Waals surface area contributed by atoms with Gasteiger partial charge in [0.15, 0.2) is 0 Å². The summed E-state index contributed by atoms with van der Waals surface area (Å²) in [5.74, 6) is 0.925. The summed E-state index contributed by atoms with van der Waals surface area (Å²) in [5, 5.41) is 9.38. The van der Waals surface area contributed by atoms with Crippen molar-refractivity contribution in [3.8, 4) is 6.07 Å². The summed E-state index contributed by atoms with van der Waals surface area (Å²) >= 11 is 0. The number of piperidine rings is 1. The second kappa shape index (κ2) is 7.08. The lowest BCUT2D eigenvalue weighted by Gasteiger charge is -2.42. The number of esters is 1. The van der Waals surface area contributed by atoms with Crippen LogP contribution < -0.4 is 0 Å². The summed E-state index contributed by atoms with van der Waals surface area (Å²) in [6, 6.07) is 2.91. The van der Waals surface area contributed by atoms with Crippen molar-refractivity contribution in [3.05, 3.63) is 0 Å². The molecule has 2 rings (SSSR count). The topological polar surface area (TPSA) is 53.3 Å². The molecule has 1 aliphatic heterocycles. The maximum atomic E-state index is 11.6. The Bertz CT molecular complexity index is 369. The summed E-state index contributed by atoms with van der Waals surface area (Å²) in [5.41, 5.74) is 0. The van der Waals surface area contributed by atoms with Crippen molar-refractivity contribution >= 4 is 5.97 Å². The molecule has 1 aliphatic carbocycles. The Morgan fingerprint density at radius 2 is 2.00 bits per heavy atom. The SMILES string of the molecule is CCC1CCC(C#N)C(N2CCC(C(=O)OC)CC2)C1. The van der Waals surface area contributed by atoms with Crippen LogP contribution in [0, 0.1) is 29.1 Å². The number of nitriles is 1. The maximum absolute atomic E-state index is 11.6.